The first-order valence-corrected chi connectivity index (χ1v) is 7.12. The Morgan fingerprint density at radius 3 is 2.59 bits per heavy atom. The second kappa shape index (κ2) is 6.15. The summed E-state index contributed by atoms with van der Waals surface area (Å²) in [6, 6.07) is 2.16. The Kier molecular flexibility index (Phi) is 5.13. The summed E-state index contributed by atoms with van der Waals surface area (Å²) < 4.78 is 2.37. The molecule has 0 N–H and O–H groups in total. The van der Waals surface area contributed by atoms with E-state index in [9.17, 15) is 0 Å². The average molecular weight is 249 g/mol. The zero-order valence-corrected chi connectivity index (χ0v) is 12.0. The fraction of sp³-hybridized carbons (Fsp3) is 0.467. The van der Waals surface area contributed by atoms with E-state index in [0.717, 1.165) is 6.42 Å². The van der Waals surface area contributed by atoms with Crippen LogP contribution >= 0.6 is 11.8 Å². The van der Waals surface area contributed by atoms with Crippen LogP contribution < -0.4 is 0 Å². The molecule has 0 radical (unpaired) electrons. The third-order valence-corrected chi connectivity index (χ3v) is 4.19. The van der Waals surface area contributed by atoms with Crippen LogP contribution in [0.4, 0.5) is 0 Å². The zero-order valence-electron chi connectivity index (χ0n) is 11.2. The summed E-state index contributed by atoms with van der Waals surface area (Å²) in [4.78, 5) is 1.24. The molecule has 0 amide bonds. The number of nitrogens with zero attached hydrogens (tertiary/aromatic N) is 1. The van der Waals surface area contributed by atoms with Gasteiger partial charge in [-0.3, -0.25) is 0 Å². The molecule has 1 heterocycles. The number of thioether (sulfide) groups is 1. The summed E-state index contributed by atoms with van der Waals surface area (Å²) in [5, 5.41) is 1.87. The fourth-order valence-electron chi connectivity index (χ4n) is 2.29. The molecule has 1 atom stereocenters. The molecule has 17 heavy (non-hydrogen) atoms. The van der Waals surface area contributed by atoms with Gasteiger partial charge in [-0.1, -0.05) is 45.2 Å². The Morgan fingerprint density at radius 2 is 2.12 bits per heavy atom. The maximum Gasteiger partial charge on any atom is 0.0547 e. The number of aromatic nitrogens is 1. The van der Waals surface area contributed by atoms with E-state index in [1.54, 1.807) is 11.8 Å². The van der Waals surface area contributed by atoms with Crippen LogP contribution in [0.15, 0.2) is 35.7 Å². The molecule has 0 aliphatic carbocycles. The van der Waals surface area contributed by atoms with Crippen molar-refractivity contribution in [3.8, 4) is 0 Å². The quantitative estimate of drug-likeness (QED) is 0.594. The van der Waals surface area contributed by atoms with Gasteiger partial charge < -0.3 is 4.57 Å². The monoisotopic (exact) mass is 249 g/mol. The van der Waals surface area contributed by atoms with E-state index >= 15 is 0 Å². The van der Waals surface area contributed by atoms with Crippen molar-refractivity contribution in [2.75, 3.05) is 0 Å². The largest absolute Gasteiger partial charge is 0.341 e. The van der Waals surface area contributed by atoms with E-state index in [-0.39, 0.29) is 5.54 Å². The molecule has 0 aliphatic rings. The van der Waals surface area contributed by atoms with Crippen molar-refractivity contribution < 1.29 is 0 Å². The molecule has 0 aromatic carbocycles. The van der Waals surface area contributed by atoms with Gasteiger partial charge in [0.25, 0.3) is 0 Å². The molecule has 2 heteroatoms. The second-order valence-electron chi connectivity index (χ2n) is 4.52. The molecular weight excluding hydrogens is 226 g/mol. The molecule has 1 nitrogen and oxygen atoms in total. The van der Waals surface area contributed by atoms with Crippen LogP contribution in [0, 0.1) is 0 Å². The average Bonchev–Trinajstić information content (AvgIpc) is 2.73. The van der Waals surface area contributed by atoms with Crippen LogP contribution in [0.1, 0.15) is 45.7 Å². The van der Waals surface area contributed by atoms with E-state index < -0.39 is 0 Å². The fourth-order valence-corrected chi connectivity index (χ4v) is 2.91. The first-order chi connectivity index (χ1) is 8.12. The highest BCUT2D eigenvalue weighted by Crippen LogP contribution is 2.34. The molecule has 0 saturated carbocycles. The van der Waals surface area contributed by atoms with Crippen molar-refractivity contribution in [3.05, 3.63) is 36.5 Å². The SMILES string of the molecule is C=CSc1ccn(C(C)(CC)CCC)c1C=C. The lowest BCUT2D eigenvalue weighted by Gasteiger charge is -2.32. The van der Waals surface area contributed by atoms with E-state index in [1.807, 2.05) is 11.5 Å². The van der Waals surface area contributed by atoms with Crippen LogP contribution in [-0.2, 0) is 5.54 Å². The van der Waals surface area contributed by atoms with Crippen molar-refractivity contribution in [1.29, 1.82) is 0 Å². The smallest absolute Gasteiger partial charge is 0.0547 e. The summed E-state index contributed by atoms with van der Waals surface area (Å²) >= 11 is 1.66. The minimum atomic E-state index is 0.193. The van der Waals surface area contributed by atoms with Crippen LogP contribution in [0.25, 0.3) is 6.08 Å². The molecule has 1 rings (SSSR count). The molecule has 0 bridgehead atoms. The molecular formula is C15H23NS. The van der Waals surface area contributed by atoms with Gasteiger partial charge in [0.1, 0.15) is 0 Å². The van der Waals surface area contributed by atoms with Gasteiger partial charge in [0.15, 0.2) is 0 Å². The summed E-state index contributed by atoms with van der Waals surface area (Å²) in [6.45, 7) is 14.5. The van der Waals surface area contributed by atoms with Crippen LogP contribution in [0.5, 0.6) is 0 Å². The van der Waals surface area contributed by atoms with Crippen molar-refractivity contribution in [1.82, 2.24) is 4.57 Å². The van der Waals surface area contributed by atoms with Gasteiger partial charge in [0, 0.05) is 16.6 Å². The zero-order chi connectivity index (χ0) is 12.9. The Hall–Kier alpha value is -0.890. The summed E-state index contributed by atoms with van der Waals surface area (Å²) in [7, 11) is 0. The highest BCUT2D eigenvalue weighted by Gasteiger charge is 2.25. The van der Waals surface area contributed by atoms with Crippen molar-refractivity contribution in [3.63, 3.8) is 0 Å². The van der Waals surface area contributed by atoms with E-state index in [2.05, 4.69) is 50.8 Å². The number of rotatable bonds is 7. The molecule has 94 valence electrons. The lowest BCUT2D eigenvalue weighted by atomic mass is 9.92. The van der Waals surface area contributed by atoms with E-state index in [4.69, 9.17) is 0 Å². The predicted octanol–water partition coefficient (Wildman–Crippen LogP) is 5.29. The Balaban J connectivity index is 3.19. The Bertz CT molecular complexity index is 392. The van der Waals surface area contributed by atoms with Gasteiger partial charge in [-0.15, -0.1) is 0 Å². The van der Waals surface area contributed by atoms with Gasteiger partial charge in [-0.2, -0.15) is 0 Å². The van der Waals surface area contributed by atoms with Gasteiger partial charge in [0.05, 0.1) is 5.69 Å². The van der Waals surface area contributed by atoms with Gasteiger partial charge >= 0.3 is 0 Å². The molecule has 0 fully saturated rings. The van der Waals surface area contributed by atoms with Crippen LogP contribution in [0.3, 0.4) is 0 Å². The highest BCUT2D eigenvalue weighted by molar-refractivity contribution is 8.02. The molecule has 1 aromatic rings. The number of hydrogen-bond acceptors (Lipinski definition) is 1. The van der Waals surface area contributed by atoms with Gasteiger partial charge in [0.2, 0.25) is 0 Å². The lowest BCUT2D eigenvalue weighted by Crippen LogP contribution is -2.29. The summed E-state index contributed by atoms with van der Waals surface area (Å²) in [6.07, 6.45) is 7.66. The first-order valence-electron chi connectivity index (χ1n) is 6.24. The van der Waals surface area contributed by atoms with Crippen molar-refractivity contribution in [2.24, 2.45) is 0 Å². The minimum absolute atomic E-state index is 0.193. The number of hydrogen-bond donors (Lipinski definition) is 0. The first kappa shape index (κ1) is 14.2. The maximum atomic E-state index is 3.95. The van der Waals surface area contributed by atoms with E-state index in [1.165, 1.54) is 23.4 Å². The van der Waals surface area contributed by atoms with Gasteiger partial charge in [-0.05, 0) is 37.3 Å². The highest BCUT2D eigenvalue weighted by atomic mass is 32.2. The second-order valence-corrected chi connectivity index (χ2v) is 5.53. The van der Waals surface area contributed by atoms with Crippen molar-refractivity contribution >= 4 is 17.8 Å². The maximum absolute atomic E-state index is 3.95. The molecule has 1 unspecified atom stereocenters. The van der Waals surface area contributed by atoms with E-state index in [0.29, 0.717) is 0 Å². The molecule has 0 spiro atoms. The molecule has 0 saturated heterocycles. The lowest BCUT2D eigenvalue weighted by molar-refractivity contribution is 0.277. The summed E-state index contributed by atoms with van der Waals surface area (Å²) in [5.74, 6) is 0. The Labute approximate surface area is 110 Å². The van der Waals surface area contributed by atoms with Crippen LogP contribution in [-0.4, -0.2) is 4.57 Å². The third kappa shape index (κ3) is 2.86. The minimum Gasteiger partial charge on any atom is -0.341 e. The third-order valence-electron chi connectivity index (χ3n) is 3.42. The molecule has 0 aliphatic heterocycles. The van der Waals surface area contributed by atoms with Crippen molar-refractivity contribution in [2.45, 2.75) is 50.5 Å². The summed E-state index contributed by atoms with van der Waals surface area (Å²) in [5.41, 5.74) is 1.41. The standard InChI is InChI=1S/C15H23NS/c1-6-11-15(5,8-3)16-12-10-14(17-9-4)13(16)7-2/h7,9-10,12H,2,4,6,8,11H2,1,3,5H3. The topological polar surface area (TPSA) is 4.93 Å². The normalized spacial score (nSPS) is 14.3. The Morgan fingerprint density at radius 1 is 1.41 bits per heavy atom. The van der Waals surface area contributed by atoms with Gasteiger partial charge in [-0.25, -0.2) is 0 Å². The molecule has 1 aromatic heterocycles. The predicted molar refractivity (Wildman–Crippen MR) is 79.4 cm³/mol. The van der Waals surface area contributed by atoms with Crippen LogP contribution in [0.2, 0.25) is 0 Å².